The van der Waals surface area contributed by atoms with Crippen LogP contribution in [0.2, 0.25) is 0 Å². The molecule has 1 N–H and O–H groups in total. The quantitative estimate of drug-likeness (QED) is 0.717. The van der Waals surface area contributed by atoms with Crippen molar-refractivity contribution in [3.63, 3.8) is 0 Å². The van der Waals surface area contributed by atoms with E-state index in [0.717, 1.165) is 10.8 Å². The molecule has 1 aromatic heterocycles. The molecule has 6 heteroatoms. The number of hydrogen-bond donors (Lipinski definition) is 1. The maximum Gasteiger partial charge on any atom is 0.275 e. The number of aryl methyl sites for hydroxylation is 1. The minimum absolute atomic E-state index is 0.276. The number of para-hydroxylation sites is 2. The van der Waals surface area contributed by atoms with Crippen LogP contribution >= 0.6 is 11.3 Å². The van der Waals surface area contributed by atoms with Crippen LogP contribution < -0.4 is 14.8 Å². The third kappa shape index (κ3) is 4.36. The Morgan fingerprint density at radius 3 is 2.68 bits per heavy atom. The first-order valence-electron chi connectivity index (χ1n) is 7.74. The van der Waals surface area contributed by atoms with Gasteiger partial charge in [0.05, 0.1) is 12.8 Å². The number of methoxy groups -OCH3 is 1. The molecule has 5 nitrogen and oxygen atoms in total. The first-order valence-corrected chi connectivity index (χ1v) is 8.62. The third-order valence-corrected chi connectivity index (χ3v) is 4.35. The molecular weight excluding hydrogens is 336 g/mol. The van der Waals surface area contributed by atoms with Crippen molar-refractivity contribution in [2.24, 2.45) is 0 Å². The van der Waals surface area contributed by atoms with E-state index in [1.54, 1.807) is 24.6 Å². The molecule has 0 radical (unpaired) electrons. The summed E-state index contributed by atoms with van der Waals surface area (Å²) < 4.78 is 10.9. The highest BCUT2D eigenvalue weighted by molar-refractivity contribution is 7.09. The van der Waals surface area contributed by atoms with Crippen LogP contribution in [0.3, 0.4) is 0 Å². The number of nitrogens with one attached hydrogen (secondary N) is 1. The van der Waals surface area contributed by atoms with Gasteiger partial charge in [-0.05, 0) is 31.2 Å². The summed E-state index contributed by atoms with van der Waals surface area (Å²) in [6, 6.07) is 15.1. The van der Waals surface area contributed by atoms with Crippen LogP contribution in [0.1, 0.15) is 21.1 Å². The molecule has 0 bridgehead atoms. The molecule has 0 atom stereocenters. The van der Waals surface area contributed by atoms with Gasteiger partial charge in [0.1, 0.15) is 28.8 Å². The average Bonchev–Trinajstić information content (AvgIpc) is 3.11. The molecule has 128 valence electrons. The zero-order chi connectivity index (χ0) is 17.6. The van der Waals surface area contributed by atoms with Crippen molar-refractivity contribution in [1.29, 1.82) is 0 Å². The van der Waals surface area contributed by atoms with Gasteiger partial charge in [0, 0.05) is 5.38 Å². The van der Waals surface area contributed by atoms with Gasteiger partial charge in [-0.1, -0.05) is 29.8 Å². The zero-order valence-corrected chi connectivity index (χ0v) is 14.8. The van der Waals surface area contributed by atoms with Crippen molar-refractivity contribution in [1.82, 2.24) is 4.98 Å². The molecule has 0 saturated heterocycles. The van der Waals surface area contributed by atoms with E-state index in [4.69, 9.17) is 9.47 Å². The van der Waals surface area contributed by atoms with E-state index in [1.165, 1.54) is 16.9 Å². The fourth-order valence-corrected chi connectivity index (χ4v) is 2.88. The molecule has 0 unspecified atom stereocenters. The molecule has 0 spiro atoms. The monoisotopic (exact) mass is 354 g/mol. The van der Waals surface area contributed by atoms with Gasteiger partial charge in [0.25, 0.3) is 5.91 Å². The molecule has 1 amide bonds. The number of amides is 1. The SMILES string of the molecule is COc1ccccc1NC(=O)c1csc(COc2ccc(C)cc2)n1. The lowest BCUT2D eigenvalue weighted by Crippen LogP contribution is -2.13. The number of ether oxygens (including phenoxy) is 2. The number of rotatable bonds is 6. The summed E-state index contributed by atoms with van der Waals surface area (Å²) in [4.78, 5) is 16.7. The van der Waals surface area contributed by atoms with Gasteiger partial charge in [0.2, 0.25) is 0 Å². The van der Waals surface area contributed by atoms with Gasteiger partial charge < -0.3 is 14.8 Å². The van der Waals surface area contributed by atoms with Crippen LogP contribution in [-0.2, 0) is 6.61 Å². The third-order valence-electron chi connectivity index (χ3n) is 3.52. The Morgan fingerprint density at radius 1 is 1.16 bits per heavy atom. The van der Waals surface area contributed by atoms with Crippen molar-refractivity contribution < 1.29 is 14.3 Å². The van der Waals surface area contributed by atoms with E-state index in [2.05, 4.69) is 10.3 Å². The Kier molecular flexibility index (Phi) is 5.30. The Hall–Kier alpha value is -2.86. The number of aromatic nitrogens is 1. The number of thiazole rings is 1. The summed E-state index contributed by atoms with van der Waals surface area (Å²) in [5, 5.41) is 5.27. The molecule has 0 aliphatic carbocycles. The molecule has 25 heavy (non-hydrogen) atoms. The van der Waals surface area contributed by atoms with E-state index >= 15 is 0 Å². The minimum atomic E-state index is -0.276. The van der Waals surface area contributed by atoms with Crippen LogP contribution in [-0.4, -0.2) is 18.0 Å². The van der Waals surface area contributed by atoms with E-state index < -0.39 is 0 Å². The molecular formula is C19H18N2O3S. The molecule has 3 aromatic rings. The van der Waals surface area contributed by atoms with E-state index in [9.17, 15) is 4.79 Å². The second kappa shape index (κ2) is 7.81. The van der Waals surface area contributed by atoms with Crippen molar-refractivity contribution >= 4 is 22.9 Å². The Morgan fingerprint density at radius 2 is 1.92 bits per heavy atom. The maximum absolute atomic E-state index is 12.3. The van der Waals surface area contributed by atoms with Crippen molar-refractivity contribution in [3.8, 4) is 11.5 Å². The smallest absolute Gasteiger partial charge is 0.275 e. The van der Waals surface area contributed by atoms with Crippen LogP contribution in [0.25, 0.3) is 0 Å². The lowest BCUT2D eigenvalue weighted by Gasteiger charge is -2.08. The summed E-state index contributed by atoms with van der Waals surface area (Å²) in [5.41, 5.74) is 2.15. The second-order valence-corrected chi connectivity index (χ2v) is 6.33. The summed E-state index contributed by atoms with van der Waals surface area (Å²) in [6.07, 6.45) is 0. The fraction of sp³-hybridized carbons (Fsp3) is 0.158. The highest BCUT2D eigenvalue weighted by atomic mass is 32.1. The Bertz CT molecular complexity index is 859. The molecule has 0 saturated carbocycles. The first-order chi connectivity index (χ1) is 12.2. The standard InChI is InChI=1S/C19H18N2O3S/c1-13-7-9-14(10-8-13)24-11-18-20-16(12-25-18)19(22)21-15-5-3-4-6-17(15)23-2/h3-10,12H,11H2,1-2H3,(H,21,22). The summed E-state index contributed by atoms with van der Waals surface area (Å²) in [5.74, 6) is 1.11. The Labute approximate surface area is 150 Å². The van der Waals surface area contributed by atoms with Crippen molar-refractivity contribution in [2.45, 2.75) is 13.5 Å². The summed E-state index contributed by atoms with van der Waals surface area (Å²) in [6.45, 7) is 2.35. The maximum atomic E-state index is 12.3. The molecule has 0 fully saturated rings. The van der Waals surface area contributed by atoms with Gasteiger partial charge in [-0.15, -0.1) is 11.3 Å². The number of carbonyl (C=O) groups excluding carboxylic acids is 1. The summed E-state index contributed by atoms with van der Waals surface area (Å²) >= 11 is 1.39. The van der Waals surface area contributed by atoms with Gasteiger partial charge in [-0.25, -0.2) is 4.98 Å². The average molecular weight is 354 g/mol. The normalized spacial score (nSPS) is 10.3. The number of hydrogen-bond acceptors (Lipinski definition) is 5. The topological polar surface area (TPSA) is 60.5 Å². The molecule has 1 heterocycles. The van der Waals surface area contributed by atoms with Gasteiger partial charge in [-0.2, -0.15) is 0 Å². The number of anilines is 1. The number of carbonyl (C=O) groups is 1. The highest BCUT2D eigenvalue weighted by Gasteiger charge is 2.13. The lowest BCUT2D eigenvalue weighted by molar-refractivity contribution is 0.102. The Balaban J connectivity index is 1.62. The summed E-state index contributed by atoms with van der Waals surface area (Å²) in [7, 11) is 1.56. The van der Waals surface area contributed by atoms with Crippen LogP contribution in [0.15, 0.2) is 53.9 Å². The van der Waals surface area contributed by atoms with Crippen LogP contribution in [0.5, 0.6) is 11.5 Å². The molecule has 2 aromatic carbocycles. The van der Waals surface area contributed by atoms with Gasteiger partial charge in [-0.3, -0.25) is 4.79 Å². The predicted molar refractivity (Wildman–Crippen MR) is 98.6 cm³/mol. The van der Waals surface area contributed by atoms with Gasteiger partial charge in [0.15, 0.2) is 0 Å². The van der Waals surface area contributed by atoms with Crippen molar-refractivity contribution in [2.75, 3.05) is 12.4 Å². The molecule has 0 aliphatic rings. The van der Waals surface area contributed by atoms with Crippen LogP contribution in [0, 0.1) is 6.92 Å². The van der Waals surface area contributed by atoms with Crippen LogP contribution in [0.4, 0.5) is 5.69 Å². The second-order valence-electron chi connectivity index (χ2n) is 5.38. The van der Waals surface area contributed by atoms with Crippen molar-refractivity contribution in [3.05, 3.63) is 70.2 Å². The fourth-order valence-electron chi connectivity index (χ4n) is 2.20. The number of nitrogens with zero attached hydrogens (tertiary/aromatic N) is 1. The van der Waals surface area contributed by atoms with Gasteiger partial charge >= 0.3 is 0 Å². The molecule has 0 aliphatic heterocycles. The van der Waals surface area contributed by atoms with E-state index in [0.29, 0.717) is 23.7 Å². The lowest BCUT2D eigenvalue weighted by atomic mass is 10.2. The predicted octanol–water partition coefficient (Wildman–Crippen LogP) is 4.29. The number of benzene rings is 2. The first kappa shape index (κ1) is 17.0. The van der Waals surface area contributed by atoms with E-state index in [1.807, 2.05) is 43.3 Å². The zero-order valence-electron chi connectivity index (χ0n) is 14.0. The van der Waals surface area contributed by atoms with E-state index in [-0.39, 0.29) is 5.91 Å². The highest BCUT2D eigenvalue weighted by Crippen LogP contribution is 2.24. The largest absolute Gasteiger partial charge is 0.495 e. The molecule has 3 rings (SSSR count). The minimum Gasteiger partial charge on any atom is -0.495 e.